The highest BCUT2D eigenvalue weighted by Crippen LogP contribution is 2.51. The largest absolute Gasteiger partial charge is 0.0617 e. The topological polar surface area (TPSA) is 0 Å². The fourth-order valence-corrected chi connectivity index (χ4v) is 20.1. The van der Waals surface area contributed by atoms with Gasteiger partial charge < -0.3 is 0 Å². The molecule has 0 nitrogen and oxygen atoms in total. The maximum absolute atomic E-state index is 2.54. The van der Waals surface area contributed by atoms with E-state index in [-0.39, 0.29) is 0 Å². The first-order chi connectivity index (χ1) is 51.6. The zero-order chi connectivity index (χ0) is 67.8. The Morgan fingerprint density at radius 3 is 0.558 bits per heavy atom. The van der Waals surface area contributed by atoms with Crippen molar-refractivity contribution < 1.29 is 0 Å². The van der Waals surface area contributed by atoms with Gasteiger partial charge in [0.15, 0.2) is 0 Å². The van der Waals surface area contributed by atoms with Crippen LogP contribution in [0.1, 0.15) is 44.5 Å². The quantitative estimate of drug-likeness (QED) is 0.154. The molecule has 0 bridgehead atoms. The molecule has 0 N–H and O–H groups in total. The van der Waals surface area contributed by atoms with Crippen molar-refractivity contribution in [2.45, 2.75) is 51.4 Å². The molecule has 0 spiro atoms. The lowest BCUT2D eigenvalue weighted by atomic mass is 9.74. The van der Waals surface area contributed by atoms with Crippen LogP contribution >= 0.6 is 0 Å². The van der Waals surface area contributed by atoms with Crippen molar-refractivity contribution in [2.24, 2.45) is 0 Å². The lowest BCUT2D eigenvalue weighted by Crippen LogP contribution is -2.14. The van der Waals surface area contributed by atoms with Crippen LogP contribution in [-0.2, 0) is 51.4 Å². The SMILES string of the molecule is c1cc2c3c(c1)CCc1cc(-c4cc5c6ccccc6c(-c6cc7c8c(c6)CCc6cccc(c6-8)CC7)cc5c5ccccc45)cc(c1-3)CC2.c1ccc2c(c1)c(-c1ccc3c4ccccc4c4ccccc4c3c1)cc1c3ccccc3c(-c3ccc4c5ccccc5c5ccccc5c4c3)cc21. The van der Waals surface area contributed by atoms with Gasteiger partial charge in [-0.15, -0.1) is 0 Å². The van der Waals surface area contributed by atoms with Gasteiger partial charge in [0.05, 0.1) is 0 Å². The second-order valence-corrected chi connectivity index (χ2v) is 30.0. The summed E-state index contributed by atoms with van der Waals surface area (Å²) in [7, 11) is 0. The molecule has 0 fully saturated rings. The van der Waals surface area contributed by atoms with Crippen molar-refractivity contribution in [1.82, 2.24) is 0 Å². The minimum Gasteiger partial charge on any atom is -0.0617 e. The highest BCUT2D eigenvalue weighted by Gasteiger charge is 2.30. The Bertz CT molecular complexity index is 6620. The Morgan fingerprint density at radius 2 is 0.298 bits per heavy atom. The van der Waals surface area contributed by atoms with E-state index >= 15 is 0 Å². The van der Waals surface area contributed by atoms with Gasteiger partial charge in [-0.25, -0.2) is 0 Å². The summed E-state index contributed by atoms with van der Waals surface area (Å²) in [4.78, 5) is 0. The summed E-state index contributed by atoms with van der Waals surface area (Å²) in [6.07, 6.45) is 9.07. The molecule has 0 atom stereocenters. The second kappa shape index (κ2) is 22.5. The predicted molar refractivity (Wildman–Crippen MR) is 445 cm³/mol. The number of fused-ring (bicyclic) bond motifs is 22. The van der Waals surface area contributed by atoms with Crippen LogP contribution in [0.15, 0.2) is 315 Å². The first kappa shape index (κ1) is 58.2. The first-order valence-electron chi connectivity index (χ1n) is 37.5. The molecule has 0 saturated heterocycles. The highest BCUT2D eigenvalue weighted by atomic mass is 14.3. The van der Waals surface area contributed by atoms with Crippen molar-refractivity contribution in [3.63, 3.8) is 0 Å². The van der Waals surface area contributed by atoms with Crippen LogP contribution in [0.3, 0.4) is 0 Å². The molecule has 24 rings (SSSR count). The minimum absolute atomic E-state index is 1.13. The normalized spacial score (nSPS) is 13.5. The highest BCUT2D eigenvalue weighted by molar-refractivity contribution is 6.30. The van der Waals surface area contributed by atoms with E-state index in [1.165, 1.54) is 196 Å². The Hall–Kier alpha value is -12.5. The molecule has 0 amide bonds. The van der Waals surface area contributed by atoms with Crippen LogP contribution < -0.4 is 0 Å². The Labute approximate surface area is 603 Å². The lowest BCUT2D eigenvalue weighted by molar-refractivity contribution is 0.877. The number of hydrogen-bond acceptors (Lipinski definition) is 0. The van der Waals surface area contributed by atoms with E-state index in [0.29, 0.717) is 0 Å². The van der Waals surface area contributed by atoms with E-state index < -0.39 is 0 Å². The van der Waals surface area contributed by atoms with Crippen LogP contribution in [-0.4, -0.2) is 0 Å². The molecule has 0 aliphatic heterocycles. The molecule has 0 unspecified atom stereocenters. The average molecular weight is 1320 g/mol. The zero-order valence-corrected chi connectivity index (χ0v) is 57.7. The van der Waals surface area contributed by atoms with Crippen molar-refractivity contribution in [1.29, 1.82) is 0 Å². The van der Waals surface area contributed by atoms with Crippen molar-refractivity contribution in [3.05, 3.63) is 360 Å². The minimum atomic E-state index is 1.13. The number of rotatable bonds is 4. The smallest absolute Gasteiger partial charge is 0.00923 e. The van der Waals surface area contributed by atoms with E-state index in [9.17, 15) is 0 Å². The summed E-state index contributed by atoms with van der Waals surface area (Å²) in [5.41, 5.74) is 29.0. The molecule has 4 aliphatic carbocycles. The average Bonchev–Trinajstić information content (AvgIpc) is 0.754. The molecular weight excluding hydrogens is 1250 g/mol. The Morgan fingerprint density at radius 1 is 0.115 bits per heavy atom. The maximum atomic E-state index is 2.54. The van der Waals surface area contributed by atoms with Crippen molar-refractivity contribution in [2.75, 3.05) is 0 Å². The van der Waals surface area contributed by atoms with E-state index in [1.54, 1.807) is 44.5 Å². The fourth-order valence-electron chi connectivity index (χ4n) is 20.1. The number of hydrogen-bond donors (Lipinski definition) is 0. The molecule has 0 aromatic heterocycles. The molecule has 0 heterocycles. The summed E-state index contributed by atoms with van der Waals surface area (Å²) in [5, 5.41) is 31.4. The van der Waals surface area contributed by atoms with E-state index in [1.807, 2.05) is 0 Å². The van der Waals surface area contributed by atoms with Gasteiger partial charge in [0.25, 0.3) is 0 Å². The summed E-state index contributed by atoms with van der Waals surface area (Å²) < 4.78 is 0. The van der Waals surface area contributed by atoms with Gasteiger partial charge >= 0.3 is 0 Å². The van der Waals surface area contributed by atoms with Crippen molar-refractivity contribution in [3.8, 4) is 66.8 Å². The summed E-state index contributed by atoms with van der Waals surface area (Å²) >= 11 is 0. The molecule has 104 heavy (non-hydrogen) atoms. The van der Waals surface area contributed by atoms with Crippen LogP contribution in [0.2, 0.25) is 0 Å². The van der Waals surface area contributed by atoms with E-state index in [2.05, 4.69) is 315 Å². The zero-order valence-electron chi connectivity index (χ0n) is 57.7. The van der Waals surface area contributed by atoms with Crippen LogP contribution in [0.5, 0.6) is 0 Å². The molecule has 20 aromatic rings. The third-order valence-corrected chi connectivity index (χ3v) is 24.7. The van der Waals surface area contributed by atoms with Gasteiger partial charge in [-0.3, -0.25) is 0 Å². The fraction of sp³-hybridized carbons (Fsp3) is 0.0769. The third-order valence-electron chi connectivity index (χ3n) is 24.7. The van der Waals surface area contributed by atoms with E-state index in [0.717, 1.165) is 51.4 Å². The standard InChI is InChI=1S/C54H32.C50H36/c1-3-17-39-35(13-1)37-15-5-9-21-43(37)51-29-33(25-27-47(39)51)49-31-53-46-24-12-8-20-42(46)50(32-54(53)45-23-11-7-19-41(45)49)34-26-28-48-40-18-4-2-14-36(40)38-16-6-10-22-44(38)52(48)30-34;1-3-13-41-39(11-1)43(37-23-33-19-15-29-7-5-8-30-16-20-34(24-37)49(33)47(29)30)27-46-42-14-4-2-12-40(42)44(28-45(41)46)38-25-35-21-17-31-9-6-10-32-18-22-36(26-38)50(35)48(31)32/h1-32H;1-14,23-28H,15-22H2. The number of benzene rings is 20. The van der Waals surface area contributed by atoms with Gasteiger partial charge in [0.2, 0.25) is 0 Å². The predicted octanol–water partition coefficient (Wildman–Crippen LogP) is 27.6. The van der Waals surface area contributed by atoms with Crippen LogP contribution in [0.4, 0.5) is 0 Å². The molecular formula is C104H68. The summed E-state index contributed by atoms with van der Waals surface area (Å²) in [6.45, 7) is 0. The molecule has 484 valence electrons. The third kappa shape index (κ3) is 8.60. The maximum Gasteiger partial charge on any atom is -0.00923 e. The van der Waals surface area contributed by atoms with Gasteiger partial charge in [-0.2, -0.15) is 0 Å². The van der Waals surface area contributed by atoms with E-state index in [4.69, 9.17) is 0 Å². The molecule has 0 heteroatoms. The van der Waals surface area contributed by atoms with Gasteiger partial charge in [-0.1, -0.05) is 279 Å². The Kier molecular flexibility index (Phi) is 12.6. The molecule has 0 radical (unpaired) electrons. The van der Waals surface area contributed by atoms with Gasteiger partial charge in [-0.05, 0) is 328 Å². The van der Waals surface area contributed by atoms with Crippen LogP contribution in [0.25, 0.3) is 196 Å². The van der Waals surface area contributed by atoms with Crippen molar-refractivity contribution >= 4 is 129 Å². The van der Waals surface area contributed by atoms with Gasteiger partial charge in [0, 0.05) is 0 Å². The van der Waals surface area contributed by atoms with Crippen LogP contribution in [0, 0.1) is 0 Å². The molecule has 20 aromatic carbocycles. The first-order valence-corrected chi connectivity index (χ1v) is 37.5. The second-order valence-electron chi connectivity index (χ2n) is 30.0. The summed E-state index contributed by atoms with van der Waals surface area (Å²) in [5.74, 6) is 0. The Balaban J connectivity index is 0.000000128. The lowest BCUT2D eigenvalue weighted by Gasteiger charge is -2.30. The van der Waals surface area contributed by atoms with Gasteiger partial charge in [0.1, 0.15) is 0 Å². The monoisotopic (exact) mass is 1320 g/mol. The molecule has 0 saturated carbocycles. The molecule has 4 aliphatic rings. The summed E-state index contributed by atoms with van der Waals surface area (Å²) in [6, 6.07) is 120. The number of aryl methyl sites for hydroxylation is 8.